The average Bonchev–Trinajstić information content (AvgIpc) is 2.88. The van der Waals surface area contributed by atoms with E-state index in [-0.39, 0.29) is 12.8 Å². The van der Waals surface area contributed by atoms with Crippen molar-refractivity contribution in [3.8, 4) is 11.1 Å². The van der Waals surface area contributed by atoms with Gasteiger partial charge in [0, 0.05) is 6.04 Å². The highest BCUT2D eigenvalue weighted by atomic mass is 16.4. The van der Waals surface area contributed by atoms with Crippen molar-refractivity contribution in [3.63, 3.8) is 0 Å². The summed E-state index contributed by atoms with van der Waals surface area (Å²) >= 11 is 0. The molecule has 0 aliphatic carbocycles. The SMILES string of the molecule is C[C@@]1(C(=O)O)C[C@@H](Cc2ccc(-c3ccccc3)cc2)N(C(=O)O)C1=O. The highest BCUT2D eigenvalue weighted by molar-refractivity contribution is 6.08. The molecule has 0 unspecified atom stereocenters. The monoisotopic (exact) mass is 353 g/mol. The molecule has 3 rings (SSSR count). The van der Waals surface area contributed by atoms with Crippen LogP contribution in [0.15, 0.2) is 54.6 Å². The van der Waals surface area contributed by atoms with Crippen LogP contribution in [0.1, 0.15) is 18.9 Å². The second kappa shape index (κ2) is 6.63. The average molecular weight is 353 g/mol. The van der Waals surface area contributed by atoms with E-state index in [0.717, 1.165) is 16.7 Å². The van der Waals surface area contributed by atoms with Gasteiger partial charge in [0.05, 0.1) is 0 Å². The van der Waals surface area contributed by atoms with Crippen molar-refractivity contribution in [1.82, 2.24) is 4.90 Å². The Kier molecular flexibility index (Phi) is 4.50. The molecule has 1 fully saturated rings. The Bertz CT molecular complexity index is 846. The lowest BCUT2D eigenvalue weighted by molar-refractivity contribution is -0.154. The second-order valence-electron chi connectivity index (χ2n) is 6.72. The number of nitrogens with zero attached hydrogens (tertiary/aromatic N) is 1. The first-order valence-corrected chi connectivity index (χ1v) is 8.27. The molecule has 1 aliphatic heterocycles. The molecule has 0 bridgehead atoms. The van der Waals surface area contributed by atoms with Crippen molar-refractivity contribution in [2.24, 2.45) is 5.41 Å². The number of carbonyl (C=O) groups is 3. The Morgan fingerprint density at radius 2 is 1.62 bits per heavy atom. The number of amides is 2. The van der Waals surface area contributed by atoms with Gasteiger partial charge in [-0.3, -0.25) is 9.59 Å². The van der Waals surface area contributed by atoms with Crippen molar-refractivity contribution in [2.75, 3.05) is 0 Å². The lowest BCUT2D eigenvalue weighted by atomic mass is 9.86. The second-order valence-corrected chi connectivity index (χ2v) is 6.72. The van der Waals surface area contributed by atoms with Gasteiger partial charge in [0.15, 0.2) is 0 Å². The standard InChI is InChI=1S/C20H19NO5/c1-20(18(23)24)12-16(21(17(20)22)19(25)26)11-13-7-9-15(10-8-13)14-5-3-2-4-6-14/h2-10,16H,11-12H2,1H3,(H,23,24)(H,25,26)/t16-,20-/m1/s1. The third-order valence-electron chi connectivity index (χ3n) is 4.91. The van der Waals surface area contributed by atoms with E-state index < -0.39 is 29.4 Å². The highest BCUT2D eigenvalue weighted by Crippen LogP contribution is 2.38. The molecule has 0 aromatic heterocycles. The van der Waals surface area contributed by atoms with Gasteiger partial charge < -0.3 is 10.2 Å². The molecule has 1 aliphatic rings. The zero-order valence-corrected chi connectivity index (χ0v) is 14.3. The van der Waals surface area contributed by atoms with Crippen LogP contribution < -0.4 is 0 Å². The number of likely N-dealkylation sites (tertiary alicyclic amines) is 1. The first kappa shape index (κ1) is 17.7. The smallest absolute Gasteiger partial charge is 0.414 e. The van der Waals surface area contributed by atoms with Crippen molar-refractivity contribution in [2.45, 2.75) is 25.8 Å². The van der Waals surface area contributed by atoms with E-state index in [1.54, 1.807) is 0 Å². The van der Waals surface area contributed by atoms with E-state index in [9.17, 15) is 24.6 Å². The number of carboxylic acid groups (broad SMARTS) is 2. The van der Waals surface area contributed by atoms with Crippen LogP contribution in [0.2, 0.25) is 0 Å². The van der Waals surface area contributed by atoms with Gasteiger partial charge in [-0.1, -0.05) is 54.6 Å². The van der Waals surface area contributed by atoms with Crippen LogP contribution in [0.3, 0.4) is 0 Å². The number of rotatable bonds is 4. The van der Waals surface area contributed by atoms with Crippen molar-refractivity contribution >= 4 is 18.0 Å². The van der Waals surface area contributed by atoms with Gasteiger partial charge >= 0.3 is 12.1 Å². The number of imide groups is 1. The molecule has 134 valence electrons. The molecule has 6 heteroatoms. The summed E-state index contributed by atoms with van der Waals surface area (Å²) in [5.41, 5.74) is 1.25. The summed E-state index contributed by atoms with van der Waals surface area (Å²) in [4.78, 5) is 35.9. The largest absolute Gasteiger partial charge is 0.480 e. The fourth-order valence-corrected chi connectivity index (χ4v) is 3.40. The van der Waals surface area contributed by atoms with Crippen molar-refractivity contribution in [3.05, 3.63) is 60.2 Å². The van der Waals surface area contributed by atoms with Gasteiger partial charge in [-0.15, -0.1) is 0 Å². The van der Waals surface area contributed by atoms with Gasteiger partial charge in [-0.25, -0.2) is 9.69 Å². The molecule has 0 radical (unpaired) electrons. The topological polar surface area (TPSA) is 94.9 Å². The maximum Gasteiger partial charge on any atom is 0.414 e. The Balaban J connectivity index is 1.82. The number of carbonyl (C=O) groups excluding carboxylic acids is 1. The van der Waals surface area contributed by atoms with E-state index in [4.69, 9.17) is 0 Å². The summed E-state index contributed by atoms with van der Waals surface area (Å²) < 4.78 is 0. The van der Waals surface area contributed by atoms with E-state index in [0.29, 0.717) is 4.90 Å². The number of benzene rings is 2. The van der Waals surface area contributed by atoms with Crippen LogP contribution in [0.25, 0.3) is 11.1 Å². The third kappa shape index (κ3) is 3.06. The molecule has 2 aromatic carbocycles. The molecular weight excluding hydrogens is 334 g/mol. The fourth-order valence-electron chi connectivity index (χ4n) is 3.40. The van der Waals surface area contributed by atoms with Crippen LogP contribution in [-0.2, 0) is 16.0 Å². The highest BCUT2D eigenvalue weighted by Gasteiger charge is 2.55. The summed E-state index contributed by atoms with van der Waals surface area (Å²) in [7, 11) is 0. The predicted octanol–water partition coefficient (Wildman–Crippen LogP) is 3.27. The number of hydrogen-bond donors (Lipinski definition) is 2. The zero-order chi connectivity index (χ0) is 18.9. The minimum atomic E-state index is -1.70. The number of hydrogen-bond acceptors (Lipinski definition) is 3. The van der Waals surface area contributed by atoms with E-state index in [1.807, 2.05) is 54.6 Å². The van der Waals surface area contributed by atoms with E-state index in [2.05, 4.69) is 0 Å². The Labute approximate surface area is 150 Å². The van der Waals surface area contributed by atoms with Crippen LogP contribution >= 0.6 is 0 Å². The molecule has 0 saturated carbocycles. The summed E-state index contributed by atoms with van der Waals surface area (Å²) in [6, 6.07) is 16.8. The van der Waals surface area contributed by atoms with Crippen LogP contribution in [0.4, 0.5) is 4.79 Å². The summed E-state index contributed by atoms with van der Waals surface area (Å²) in [5.74, 6) is -2.17. The normalized spacial score (nSPS) is 22.4. The minimum absolute atomic E-state index is 0.0338. The lowest BCUT2D eigenvalue weighted by Crippen LogP contribution is -2.42. The quantitative estimate of drug-likeness (QED) is 0.823. The minimum Gasteiger partial charge on any atom is -0.480 e. The van der Waals surface area contributed by atoms with E-state index in [1.165, 1.54) is 6.92 Å². The van der Waals surface area contributed by atoms with Gasteiger partial charge in [-0.2, -0.15) is 0 Å². The fraction of sp³-hybridized carbons (Fsp3) is 0.250. The maximum atomic E-state index is 12.3. The molecule has 1 heterocycles. The molecule has 26 heavy (non-hydrogen) atoms. The molecule has 6 nitrogen and oxygen atoms in total. The Morgan fingerprint density at radius 3 is 2.15 bits per heavy atom. The first-order chi connectivity index (χ1) is 12.3. The summed E-state index contributed by atoms with van der Waals surface area (Å²) in [6.45, 7) is 1.28. The lowest BCUT2D eigenvalue weighted by Gasteiger charge is -2.19. The Morgan fingerprint density at radius 1 is 1.04 bits per heavy atom. The third-order valence-corrected chi connectivity index (χ3v) is 4.91. The molecular formula is C20H19NO5. The van der Waals surface area contributed by atoms with E-state index >= 15 is 0 Å². The van der Waals surface area contributed by atoms with Gasteiger partial charge in [-0.05, 0) is 36.5 Å². The summed E-state index contributed by atoms with van der Waals surface area (Å²) in [6.07, 6.45) is -1.16. The molecule has 2 aromatic rings. The number of carboxylic acids is 1. The van der Waals surface area contributed by atoms with Gasteiger partial charge in [0.1, 0.15) is 5.41 Å². The first-order valence-electron chi connectivity index (χ1n) is 8.27. The Hall–Kier alpha value is -3.15. The number of aliphatic carboxylic acids is 1. The maximum absolute atomic E-state index is 12.3. The summed E-state index contributed by atoms with van der Waals surface area (Å²) in [5, 5.41) is 18.7. The van der Waals surface area contributed by atoms with Crippen LogP contribution in [-0.4, -0.2) is 39.1 Å². The predicted molar refractivity (Wildman–Crippen MR) is 94.6 cm³/mol. The molecule has 1 saturated heterocycles. The van der Waals surface area contributed by atoms with Gasteiger partial charge in [0.25, 0.3) is 0 Å². The van der Waals surface area contributed by atoms with Crippen LogP contribution in [0.5, 0.6) is 0 Å². The van der Waals surface area contributed by atoms with Crippen molar-refractivity contribution < 1.29 is 24.6 Å². The van der Waals surface area contributed by atoms with Crippen LogP contribution in [0, 0.1) is 5.41 Å². The molecule has 2 atom stereocenters. The van der Waals surface area contributed by atoms with Gasteiger partial charge in [0.2, 0.25) is 5.91 Å². The molecule has 2 amide bonds. The zero-order valence-electron chi connectivity index (χ0n) is 14.3. The molecule has 2 N–H and O–H groups in total. The molecule has 0 spiro atoms. The van der Waals surface area contributed by atoms with Crippen molar-refractivity contribution in [1.29, 1.82) is 0 Å².